The number of carbonyl (C=O) groups excluding carboxylic acids is 7. The summed E-state index contributed by atoms with van der Waals surface area (Å²) in [5.41, 5.74) is 2.20. The normalized spacial score (nSPS) is 12.5. The van der Waals surface area contributed by atoms with Crippen LogP contribution in [-0.4, -0.2) is 166 Å². The average molecular weight is 1520 g/mol. The third-order valence-electron chi connectivity index (χ3n) is 17.0. The van der Waals surface area contributed by atoms with Gasteiger partial charge in [-0.1, -0.05) is 87.4 Å². The number of aliphatic hydroxyl groups is 2. The molecule has 0 radical (unpaired) electrons. The van der Waals surface area contributed by atoms with Crippen LogP contribution in [0.2, 0.25) is 0 Å². The van der Waals surface area contributed by atoms with Gasteiger partial charge in [0, 0.05) is 84.8 Å². The maximum absolute atomic E-state index is 14.5. The molecule has 0 aromatic heterocycles. The summed E-state index contributed by atoms with van der Waals surface area (Å²) < 4.78 is 79.4. The fraction of sp³-hybridized carbons (Fsp3) is 0.412. The zero-order chi connectivity index (χ0) is 81.0. The lowest BCUT2D eigenvalue weighted by molar-refractivity contribution is 0.00768. The Morgan fingerprint density at radius 3 is 1.15 bits per heavy atom. The summed E-state index contributed by atoms with van der Waals surface area (Å²) in [4.78, 5) is 107. The first-order chi connectivity index (χ1) is 52.1. The first kappa shape index (κ1) is 88.2. The molecule has 110 heavy (non-hydrogen) atoms. The Morgan fingerprint density at radius 2 is 0.791 bits per heavy atom. The van der Waals surface area contributed by atoms with Crippen LogP contribution in [0, 0.1) is 23.3 Å². The summed E-state index contributed by atoms with van der Waals surface area (Å²) in [7, 11) is 3.03. The van der Waals surface area contributed by atoms with E-state index in [1.807, 2.05) is 58.0 Å². The van der Waals surface area contributed by atoms with E-state index >= 15 is 0 Å². The Kier molecular flexibility index (Phi) is 34.0. The molecule has 4 atom stereocenters. The van der Waals surface area contributed by atoms with Crippen molar-refractivity contribution in [3.63, 3.8) is 0 Å². The number of ketones is 1. The number of methoxy groups -OCH3 is 2. The van der Waals surface area contributed by atoms with E-state index < -0.39 is 82.8 Å². The van der Waals surface area contributed by atoms with Crippen molar-refractivity contribution >= 4 is 47.3 Å². The van der Waals surface area contributed by atoms with Gasteiger partial charge in [0.25, 0.3) is 23.6 Å². The quantitative estimate of drug-likeness (QED) is 0.0125. The Labute approximate surface area is 642 Å². The third kappa shape index (κ3) is 28.7. The fourth-order valence-corrected chi connectivity index (χ4v) is 11.9. The molecule has 7 aromatic rings. The minimum atomic E-state index is -1.49. The Morgan fingerprint density at radius 1 is 0.436 bits per heavy atom. The second-order valence-corrected chi connectivity index (χ2v) is 28.9. The maximum atomic E-state index is 14.5. The molecule has 4 N–H and O–H groups in total. The number of nitrogens with zero attached hydrogens (tertiary/aromatic N) is 5. The van der Waals surface area contributed by atoms with Gasteiger partial charge in [-0.05, 0) is 207 Å². The Hall–Kier alpha value is -10.7. The lowest BCUT2D eigenvalue weighted by atomic mass is 9.98. The molecule has 0 aliphatic rings. The van der Waals surface area contributed by atoms with E-state index in [-0.39, 0.29) is 102 Å². The molecule has 592 valence electrons. The highest BCUT2D eigenvalue weighted by Crippen LogP contribution is 2.25. The first-order valence-electron chi connectivity index (χ1n) is 36.8. The minimum Gasteiger partial charge on any atom is -0.497 e. The van der Waals surface area contributed by atoms with Gasteiger partial charge in [-0.15, -0.1) is 0 Å². The molecule has 6 amide bonds. The second-order valence-electron chi connectivity index (χ2n) is 28.9. The Bertz CT molecular complexity index is 4230. The van der Waals surface area contributed by atoms with Crippen molar-refractivity contribution in [3.05, 3.63) is 236 Å². The second kappa shape index (κ2) is 42.3. The number of halogens is 4. The molecule has 0 fully saturated rings. The molecule has 0 heterocycles. The monoisotopic (exact) mass is 1520 g/mol. The smallest absolute Gasteiger partial charge is 0.410 e. The summed E-state index contributed by atoms with van der Waals surface area (Å²) in [6, 6.07) is 35.8. The minimum absolute atomic E-state index is 0.00290. The molecule has 0 aliphatic carbocycles. The highest BCUT2D eigenvalue weighted by molar-refractivity contribution is 6.07. The third-order valence-corrected chi connectivity index (χ3v) is 17.0. The highest BCUT2D eigenvalue weighted by Gasteiger charge is 2.33. The van der Waals surface area contributed by atoms with Gasteiger partial charge < -0.3 is 64.2 Å². The van der Waals surface area contributed by atoms with Crippen LogP contribution >= 0.6 is 0 Å². The molecule has 0 saturated carbocycles. The summed E-state index contributed by atoms with van der Waals surface area (Å²) in [5.74, 6) is -4.68. The van der Waals surface area contributed by atoms with Gasteiger partial charge in [-0.25, -0.2) is 27.2 Å². The molecule has 7 rings (SSSR count). The van der Waals surface area contributed by atoms with Crippen LogP contribution in [-0.2, 0) is 46.8 Å². The van der Waals surface area contributed by atoms with E-state index in [4.69, 9.17) is 23.8 Å². The zero-order valence-electron chi connectivity index (χ0n) is 65.4. The zero-order valence-corrected chi connectivity index (χ0v) is 65.4. The van der Waals surface area contributed by atoms with Gasteiger partial charge in [0.2, 0.25) is 0 Å². The molecule has 0 bridgehead atoms. The van der Waals surface area contributed by atoms with Crippen LogP contribution in [0.5, 0.6) is 11.5 Å². The lowest BCUT2D eigenvalue weighted by Crippen LogP contribution is -2.51. The predicted octanol–water partition coefficient (Wildman–Crippen LogP) is 14.9. The molecule has 25 heteroatoms. The van der Waals surface area contributed by atoms with Crippen LogP contribution in [0.15, 0.2) is 157 Å². The predicted molar refractivity (Wildman–Crippen MR) is 413 cm³/mol. The number of aliphatic hydroxyl groups excluding tert-OH is 2. The van der Waals surface area contributed by atoms with Crippen molar-refractivity contribution < 1.29 is 85.1 Å². The van der Waals surface area contributed by atoms with E-state index in [1.165, 1.54) is 55.2 Å². The maximum Gasteiger partial charge on any atom is 0.410 e. The Balaban J connectivity index is 0.000000347. The molecular weight excluding hydrogens is 1420 g/mol. The van der Waals surface area contributed by atoms with Crippen molar-refractivity contribution in [2.45, 2.75) is 177 Å². The molecule has 21 nitrogen and oxygen atoms in total. The number of ether oxygens (including phenoxy) is 4. The van der Waals surface area contributed by atoms with E-state index in [0.29, 0.717) is 79.0 Å². The number of carbonyl (C=O) groups is 7. The topological polar surface area (TPSA) is 255 Å². The van der Waals surface area contributed by atoms with Crippen molar-refractivity contribution in [1.29, 1.82) is 0 Å². The summed E-state index contributed by atoms with van der Waals surface area (Å²) in [6.07, 6.45) is -2.02. The van der Waals surface area contributed by atoms with E-state index in [9.17, 15) is 61.3 Å². The molecule has 0 spiro atoms. The number of hydrogen-bond acceptors (Lipinski definition) is 15. The van der Waals surface area contributed by atoms with Gasteiger partial charge in [0.1, 0.15) is 52.6 Å². The lowest BCUT2D eigenvalue weighted by Gasteiger charge is -2.32. The first-order valence-corrected chi connectivity index (χ1v) is 36.8. The molecule has 0 unspecified atom stereocenters. The van der Waals surface area contributed by atoms with Gasteiger partial charge in [-0.3, -0.25) is 24.0 Å². The van der Waals surface area contributed by atoms with Gasteiger partial charge in [0.05, 0.1) is 57.3 Å². The van der Waals surface area contributed by atoms with Crippen LogP contribution < -0.4 is 20.1 Å². The van der Waals surface area contributed by atoms with Crippen molar-refractivity contribution in [2.75, 3.05) is 53.5 Å². The number of hydrogen-bond donors (Lipinski definition) is 4. The van der Waals surface area contributed by atoms with E-state index in [2.05, 4.69) is 15.8 Å². The van der Waals surface area contributed by atoms with E-state index in [1.54, 1.807) is 119 Å². The fourth-order valence-electron chi connectivity index (χ4n) is 11.9. The number of amides is 6. The van der Waals surface area contributed by atoms with Gasteiger partial charge in [-0.2, -0.15) is 0 Å². The molecular formula is C85H105F4N7O14. The van der Waals surface area contributed by atoms with E-state index in [0.717, 1.165) is 48.7 Å². The number of rotatable bonds is 35. The van der Waals surface area contributed by atoms with Gasteiger partial charge >= 0.3 is 12.2 Å². The average Bonchev–Trinajstić information content (AvgIpc) is 0.807. The van der Waals surface area contributed by atoms with Crippen LogP contribution in [0.3, 0.4) is 0 Å². The standard InChI is InChI=1S/C46H56F2N4O7.C39H49F2N3O7/c1-8-18-51(19-9-2)44(55)37-25-35(31(3)50-58-30-32-14-11-10-12-15-32)24-36(26-37)43(54)49-41(23-34-20-38(47)27-39(48)21-34)42(53)29-52(45(56)59-46(4,5)6)28-33-16-13-17-40(22-33)57-7;1-8-13-43(14-9-2)37(48)30-20-28(25(3)45)19-29(21-30)36(47)42-34(18-27-15-31(40)22-32(41)16-27)35(46)24-44(38(49)51-39(4,5)6)23-26-11-10-12-33(17-26)50-7/h10-17,20-22,24-27,41-42,53H,8-9,18-19,23,28-30H2,1-7H3,(H,49,54);10-12,15-17,19-22,34-35,46H,8-9,13-14,18,23-24H2,1-7H3,(H,42,47)/b50-31+;/t41-,42+;34-,35+/m00/s1. The van der Waals surface area contributed by atoms with Gasteiger partial charge in [0.15, 0.2) is 5.78 Å². The largest absolute Gasteiger partial charge is 0.497 e. The summed E-state index contributed by atoms with van der Waals surface area (Å²) in [5, 5.41) is 33.4. The highest BCUT2D eigenvalue weighted by atomic mass is 19.1. The number of Topliss-reactive ketones (excluding diaryl/α,β-unsaturated/α-hetero) is 1. The summed E-state index contributed by atoms with van der Waals surface area (Å²) >= 11 is 0. The SMILES string of the molecule is CCCN(CCC)C(=O)c1cc(C(=O)N[C@@H](Cc2cc(F)cc(F)c2)[C@H](O)CN(Cc2cccc(OC)c2)C(=O)OC(C)(C)C)cc(/C(C)=N/OCc2ccccc2)c1.CCCN(CCC)C(=O)c1cc(C(C)=O)cc(C(=O)N[C@@H](Cc2cc(F)cc(F)c2)[C@H](O)CN(Cc2cccc(OC)c2)C(=O)OC(C)(C)C)c1. The van der Waals surface area contributed by atoms with Crippen molar-refractivity contribution in [2.24, 2.45) is 5.16 Å². The van der Waals surface area contributed by atoms with Crippen LogP contribution in [0.25, 0.3) is 0 Å². The van der Waals surface area contributed by atoms with Crippen molar-refractivity contribution in [3.8, 4) is 11.5 Å². The number of benzene rings is 7. The molecule has 0 aliphatic heterocycles. The van der Waals surface area contributed by atoms with Crippen molar-refractivity contribution in [1.82, 2.24) is 30.2 Å². The molecule has 0 saturated heterocycles. The summed E-state index contributed by atoms with van der Waals surface area (Å²) in [6.45, 7) is 22.6. The van der Waals surface area contributed by atoms with Crippen LogP contribution in [0.4, 0.5) is 27.2 Å². The van der Waals surface area contributed by atoms with Crippen LogP contribution in [0.1, 0.15) is 194 Å². The molecule has 7 aromatic carbocycles. The number of nitrogens with one attached hydrogen (secondary N) is 2. The number of oxime groups is 1.